The molecule has 0 aliphatic heterocycles. The molecule has 0 saturated carbocycles. The summed E-state index contributed by atoms with van der Waals surface area (Å²) in [4.78, 5) is 35.2. The Hall–Kier alpha value is -3.80. The van der Waals surface area contributed by atoms with Gasteiger partial charge in [0.15, 0.2) is 5.78 Å². The van der Waals surface area contributed by atoms with Gasteiger partial charge in [-0.1, -0.05) is 42.5 Å². The minimum absolute atomic E-state index is 0.00165. The number of hydrogen-bond acceptors (Lipinski definition) is 4. The van der Waals surface area contributed by atoms with Crippen LogP contribution >= 0.6 is 0 Å². The molecule has 27 heavy (non-hydrogen) atoms. The van der Waals surface area contributed by atoms with E-state index in [0.717, 1.165) is 16.7 Å². The molecule has 1 aliphatic carbocycles. The van der Waals surface area contributed by atoms with Crippen molar-refractivity contribution in [3.05, 3.63) is 99.1 Å². The van der Waals surface area contributed by atoms with Crippen LogP contribution in [0.2, 0.25) is 0 Å². The Bertz CT molecular complexity index is 1090. The monoisotopic (exact) mass is 358 g/mol. The number of ketones is 1. The maximum absolute atomic E-state index is 12.5. The zero-order valence-electron chi connectivity index (χ0n) is 14.1. The van der Waals surface area contributed by atoms with E-state index in [1.54, 1.807) is 36.4 Å². The Labute approximate surface area is 154 Å². The highest BCUT2D eigenvalue weighted by Crippen LogP contribution is 2.36. The first-order valence-electron chi connectivity index (χ1n) is 8.34. The molecule has 132 valence electrons. The molecule has 0 fully saturated rings. The Kier molecular flexibility index (Phi) is 4.01. The Morgan fingerprint density at radius 2 is 1.56 bits per heavy atom. The second kappa shape index (κ2) is 6.49. The fourth-order valence-corrected chi connectivity index (χ4v) is 3.19. The van der Waals surface area contributed by atoms with Gasteiger partial charge in [-0.3, -0.25) is 19.7 Å². The van der Waals surface area contributed by atoms with Gasteiger partial charge >= 0.3 is 0 Å². The maximum Gasteiger partial charge on any atom is 0.269 e. The fourth-order valence-electron chi connectivity index (χ4n) is 3.19. The molecule has 3 aromatic carbocycles. The van der Waals surface area contributed by atoms with E-state index in [1.807, 2.05) is 18.2 Å². The number of carbonyl (C=O) groups is 2. The highest BCUT2D eigenvalue weighted by atomic mass is 16.6. The van der Waals surface area contributed by atoms with Crippen molar-refractivity contribution in [3.8, 4) is 11.1 Å². The molecule has 0 heterocycles. The van der Waals surface area contributed by atoms with Crippen molar-refractivity contribution in [2.24, 2.45) is 0 Å². The van der Waals surface area contributed by atoms with E-state index in [-0.39, 0.29) is 23.9 Å². The molecule has 0 atom stereocenters. The molecule has 0 radical (unpaired) electrons. The van der Waals surface area contributed by atoms with Crippen LogP contribution in [0.5, 0.6) is 0 Å². The molecule has 0 saturated heterocycles. The highest BCUT2D eigenvalue weighted by molar-refractivity contribution is 6.22. The summed E-state index contributed by atoms with van der Waals surface area (Å²) in [5, 5.41) is 13.4. The van der Waals surface area contributed by atoms with Gasteiger partial charge in [-0.2, -0.15) is 0 Å². The van der Waals surface area contributed by atoms with Crippen LogP contribution in [0.15, 0.2) is 66.7 Å². The molecule has 3 aromatic rings. The van der Waals surface area contributed by atoms with Gasteiger partial charge in [-0.15, -0.1) is 0 Å². The Balaban J connectivity index is 1.51. The van der Waals surface area contributed by atoms with Gasteiger partial charge in [0.25, 0.3) is 11.6 Å². The lowest BCUT2D eigenvalue weighted by Gasteiger charge is -2.07. The lowest BCUT2D eigenvalue weighted by Crippen LogP contribution is -2.23. The van der Waals surface area contributed by atoms with Gasteiger partial charge in [0.05, 0.1) is 4.92 Å². The van der Waals surface area contributed by atoms with E-state index >= 15 is 0 Å². The number of nitrogens with zero attached hydrogens (tertiary/aromatic N) is 1. The minimum Gasteiger partial charge on any atom is -0.348 e. The van der Waals surface area contributed by atoms with Crippen LogP contribution in [0.1, 0.15) is 31.8 Å². The van der Waals surface area contributed by atoms with Gasteiger partial charge in [-0.25, -0.2) is 0 Å². The minimum atomic E-state index is -0.470. The molecule has 1 amide bonds. The Morgan fingerprint density at radius 3 is 2.26 bits per heavy atom. The molecular formula is C21H14N2O4. The van der Waals surface area contributed by atoms with Gasteiger partial charge < -0.3 is 5.32 Å². The van der Waals surface area contributed by atoms with Gasteiger partial charge in [0.1, 0.15) is 0 Å². The van der Waals surface area contributed by atoms with E-state index in [1.165, 1.54) is 12.1 Å². The third kappa shape index (κ3) is 2.97. The normalized spacial score (nSPS) is 11.6. The molecule has 0 aromatic heterocycles. The lowest BCUT2D eigenvalue weighted by atomic mass is 10.0. The summed E-state index contributed by atoms with van der Waals surface area (Å²) >= 11 is 0. The molecule has 6 nitrogen and oxygen atoms in total. The quantitative estimate of drug-likeness (QED) is 0.444. The number of nitro benzene ring substituents is 1. The predicted octanol–water partition coefficient (Wildman–Crippen LogP) is 3.74. The number of non-ortho nitro benzene ring substituents is 1. The first kappa shape index (κ1) is 16.7. The van der Waals surface area contributed by atoms with Gasteiger partial charge in [-0.05, 0) is 28.8 Å². The van der Waals surface area contributed by atoms with Crippen LogP contribution in [0, 0.1) is 10.1 Å². The van der Waals surface area contributed by atoms with E-state index < -0.39 is 4.92 Å². The molecule has 0 spiro atoms. The smallest absolute Gasteiger partial charge is 0.269 e. The summed E-state index contributed by atoms with van der Waals surface area (Å²) in [6.07, 6.45) is 0. The molecular weight excluding hydrogens is 344 g/mol. The van der Waals surface area contributed by atoms with Crippen molar-refractivity contribution in [1.29, 1.82) is 0 Å². The number of fused-ring (bicyclic) bond motifs is 3. The summed E-state index contributed by atoms with van der Waals surface area (Å²) in [5.74, 6) is -0.384. The number of hydrogen-bond donors (Lipinski definition) is 1. The van der Waals surface area contributed by atoms with Crippen molar-refractivity contribution < 1.29 is 14.5 Å². The zero-order chi connectivity index (χ0) is 19.0. The standard InChI is InChI=1S/C21H14N2O4/c24-20-18-4-2-1-3-16(18)17-10-7-14(11-19(17)20)21(25)22-12-13-5-8-15(9-6-13)23(26)27/h1-11H,12H2,(H,22,25). The van der Waals surface area contributed by atoms with E-state index in [2.05, 4.69) is 5.32 Å². The summed E-state index contributed by atoms with van der Waals surface area (Å²) in [6.45, 7) is 0.238. The van der Waals surface area contributed by atoms with Crippen LogP contribution in [0.4, 0.5) is 5.69 Å². The topological polar surface area (TPSA) is 89.3 Å². The van der Waals surface area contributed by atoms with Crippen LogP contribution in [-0.2, 0) is 6.54 Å². The maximum atomic E-state index is 12.5. The van der Waals surface area contributed by atoms with Gasteiger partial charge in [0, 0.05) is 35.4 Å². The van der Waals surface area contributed by atoms with E-state index in [0.29, 0.717) is 16.7 Å². The number of rotatable bonds is 4. The zero-order valence-corrected chi connectivity index (χ0v) is 14.1. The van der Waals surface area contributed by atoms with E-state index in [9.17, 15) is 19.7 Å². The SMILES string of the molecule is O=C(NCc1ccc([N+](=O)[O-])cc1)c1ccc2c(c1)C(=O)c1ccccc1-2. The van der Waals surface area contributed by atoms with Crippen LogP contribution in [0.3, 0.4) is 0 Å². The number of amides is 1. The van der Waals surface area contributed by atoms with Crippen molar-refractivity contribution in [3.63, 3.8) is 0 Å². The summed E-state index contributed by atoms with van der Waals surface area (Å²) in [5.41, 5.74) is 4.05. The molecule has 6 heteroatoms. The highest BCUT2D eigenvalue weighted by Gasteiger charge is 2.26. The number of carbonyl (C=O) groups excluding carboxylic acids is 2. The molecule has 0 unspecified atom stereocenters. The summed E-state index contributed by atoms with van der Waals surface area (Å²) in [6, 6.07) is 18.5. The molecule has 0 bridgehead atoms. The molecule has 4 rings (SSSR count). The number of nitro groups is 1. The van der Waals surface area contributed by atoms with E-state index in [4.69, 9.17) is 0 Å². The fraction of sp³-hybridized carbons (Fsp3) is 0.0476. The lowest BCUT2D eigenvalue weighted by molar-refractivity contribution is -0.384. The molecule has 1 N–H and O–H groups in total. The largest absolute Gasteiger partial charge is 0.348 e. The Morgan fingerprint density at radius 1 is 0.889 bits per heavy atom. The van der Waals surface area contributed by atoms with Crippen LogP contribution in [0.25, 0.3) is 11.1 Å². The third-order valence-electron chi connectivity index (χ3n) is 4.59. The second-order valence-electron chi connectivity index (χ2n) is 6.24. The number of nitrogens with one attached hydrogen (secondary N) is 1. The second-order valence-corrected chi connectivity index (χ2v) is 6.24. The first-order chi connectivity index (χ1) is 13.0. The summed E-state index contributed by atoms with van der Waals surface area (Å²) in [7, 11) is 0. The predicted molar refractivity (Wildman–Crippen MR) is 99.6 cm³/mol. The summed E-state index contributed by atoms with van der Waals surface area (Å²) < 4.78 is 0. The number of benzene rings is 3. The van der Waals surface area contributed by atoms with Crippen molar-refractivity contribution in [2.45, 2.75) is 6.54 Å². The van der Waals surface area contributed by atoms with Crippen LogP contribution in [-0.4, -0.2) is 16.6 Å². The average molecular weight is 358 g/mol. The van der Waals surface area contributed by atoms with Crippen molar-refractivity contribution in [1.82, 2.24) is 5.32 Å². The first-order valence-corrected chi connectivity index (χ1v) is 8.34. The van der Waals surface area contributed by atoms with Crippen molar-refractivity contribution >= 4 is 17.4 Å². The molecule has 1 aliphatic rings. The van der Waals surface area contributed by atoms with Crippen molar-refractivity contribution in [2.75, 3.05) is 0 Å². The van der Waals surface area contributed by atoms with Gasteiger partial charge in [0.2, 0.25) is 0 Å². The third-order valence-corrected chi connectivity index (χ3v) is 4.59. The van der Waals surface area contributed by atoms with Crippen LogP contribution < -0.4 is 5.32 Å². The average Bonchev–Trinajstić information content (AvgIpc) is 2.98.